The maximum Gasteiger partial charge on any atom is 0.293 e. The van der Waals surface area contributed by atoms with E-state index in [2.05, 4.69) is 45.0 Å². The molecule has 0 radical (unpaired) electrons. The van der Waals surface area contributed by atoms with Crippen molar-refractivity contribution in [2.45, 2.75) is 26.3 Å². The highest BCUT2D eigenvalue weighted by Gasteiger charge is 2.25. The molecular weight excluding hydrogens is 434 g/mol. The average molecular weight is 460 g/mol. The lowest BCUT2D eigenvalue weighted by atomic mass is 10.0. The van der Waals surface area contributed by atoms with E-state index in [0.717, 1.165) is 11.3 Å². The lowest BCUT2D eigenvalue weighted by Crippen LogP contribution is -2.24. The van der Waals surface area contributed by atoms with Gasteiger partial charge in [0.15, 0.2) is 5.69 Å². The predicted octanol–water partition coefficient (Wildman–Crippen LogP) is 2.76. The van der Waals surface area contributed by atoms with Crippen LogP contribution in [-0.4, -0.2) is 44.5 Å². The Kier molecular flexibility index (Phi) is 6.62. The van der Waals surface area contributed by atoms with Crippen molar-refractivity contribution in [2.75, 3.05) is 17.7 Å². The van der Waals surface area contributed by atoms with E-state index in [9.17, 15) is 4.79 Å². The number of nitrogens with two attached hydrogens (primary N) is 1. The fourth-order valence-electron chi connectivity index (χ4n) is 3.31. The van der Waals surface area contributed by atoms with Gasteiger partial charge in [-0.25, -0.2) is 10.1 Å². The van der Waals surface area contributed by atoms with E-state index in [4.69, 9.17) is 10.4 Å². The van der Waals surface area contributed by atoms with E-state index in [-0.39, 0.29) is 23.9 Å². The Balaban J connectivity index is 1.57. The SMILES string of the molecule is CC(C)c1ccc(/C=N\NC(=O)c2nnn(-c3nonc3N)c2CN(C)c2ccccc2)cc1. The number of nitrogens with one attached hydrogen (secondary N) is 1. The molecule has 0 aliphatic carbocycles. The molecule has 0 saturated heterocycles. The van der Waals surface area contributed by atoms with E-state index in [0.29, 0.717) is 11.6 Å². The van der Waals surface area contributed by atoms with Crippen LogP contribution in [0, 0.1) is 0 Å². The molecule has 2 aromatic heterocycles. The normalized spacial score (nSPS) is 11.3. The zero-order valence-electron chi connectivity index (χ0n) is 19.1. The van der Waals surface area contributed by atoms with Crippen molar-refractivity contribution in [2.24, 2.45) is 5.10 Å². The van der Waals surface area contributed by atoms with Gasteiger partial charge in [-0.15, -0.1) is 5.10 Å². The minimum atomic E-state index is -0.521. The van der Waals surface area contributed by atoms with E-state index in [1.165, 1.54) is 10.2 Å². The minimum Gasteiger partial charge on any atom is -0.378 e. The van der Waals surface area contributed by atoms with Gasteiger partial charge in [0.05, 0.1) is 18.5 Å². The molecule has 0 fully saturated rings. The predicted molar refractivity (Wildman–Crippen MR) is 128 cm³/mol. The number of benzene rings is 2. The number of hydrazone groups is 1. The number of amides is 1. The van der Waals surface area contributed by atoms with Crippen LogP contribution in [0.2, 0.25) is 0 Å². The molecule has 0 aliphatic heterocycles. The van der Waals surface area contributed by atoms with Crippen LogP contribution in [0.1, 0.15) is 47.1 Å². The zero-order chi connectivity index (χ0) is 24.1. The van der Waals surface area contributed by atoms with Crippen molar-refractivity contribution < 1.29 is 9.42 Å². The largest absolute Gasteiger partial charge is 0.378 e. The smallest absolute Gasteiger partial charge is 0.293 e. The van der Waals surface area contributed by atoms with Crippen molar-refractivity contribution in [1.29, 1.82) is 0 Å². The quantitative estimate of drug-likeness (QED) is 0.303. The summed E-state index contributed by atoms with van der Waals surface area (Å²) in [6.07, 6.45) is 1.57. The number of rotatable bonds is 8. The van der Waals surface area contributed by atoms with Gasteiger partial charge in [-0.3, -0.25) is 4.79 Å². The molecule has 0 spiro atoms. The van der Waals surface area contributed by atoms with E-state index < -0.39 is 5.91 Å². The molecule has 11 heteroatoms. The molecular formula is C23H25N9O2. The monoisotopic (exact) mass is 459 g/mol. The Labute approximate surface area is 196 Å². The number of hydrogen-bond donors (Lipinski definition) is 2. The van der Waals surface area contributed by atoms with E-state index >= 15 is 0 Å². The highest BCUT2D eigenvalue weighted by Crippen LogP contribution is 2.20. The second-order valence-corrected chi connectivity index (χ2v) is 7.98. The molecule has 4 rings (SSSR count). The summed E-state index contributed by atoms with van der Waals surface area (Å²) >= 11 is 0. The molecule has 34 heavy (non-hydrogen) atoms. The molecule has 0 atom stereocenters. The number of nitrogen functional groups attached to an aromatic ring is 1. The van der Waals surface area contributed by atoms with Gasteiger partial charge < -0.3 is 10.6 Å². The van der Waals surface area contributed by atoms with Crippen LogP contribution >= 0.6 is 0 Å². The highest BCUT2D eigenvalue weighted by atomic mass is 16.6. The molecule has 0 bridgehead atoms. The molecule has 0 saturated carbocycles. The van der Waals surface area contributed by atoms with Gasteiger partial charge in [0.1, 0.15) is 0 Å². The molecule has 2 heterocycles. The summed E-state index contributed by atoms with van der Waals surface area (Å²) in [5.74, 6) is 0.0996. The highest BCUT2D eigenvalue weighted by molar-refractivity contribution is 5.94. The van der Waals surface area contributed by atoms with Crippen molar-refractivity contribution in [3.8, 4) is 5.82 Å². The van der Waals surface area contributed by atoms with Crippen LogP contribution < -0.4 is 16.1 Å². The maximum atomic E-state index is 12.9. The zero-order valence-corrected chi connectivity index (χ0v) is 19.1. The van der Waals surface area contributed by atoms with E-state index in [1.807, 2.05) is 66.5 Å². The van der Waals surface area contributed by atoms with Gasteiger partial charge >= 0.3 is 0 Å². The number of aromatic nitrogens is 5. The Morgan fingerprint density at radius 1 is 1.18 bits per heavy atom. The van der Waals surface area contributed by atoms with Gasteiger partial charge in [-0.05, 0) is 39.5 Å². The molecule has 3 N–H and O–H groups in total. The maximum absolute atomic E-state index is 12.9. The summed E-state index contributed by atoms with van der Waals surface area (Å²) in [6.45, 7) is 4.55. The molecule has 4 aromatic rings. The third kappa shape index (κ3) is 4.93. The first kappa shape index (κ1) is 22.6. The summed E-state index contributed by atoms with van der Waals surface area (Å²) in [5, 5.41) is 19.6. The summed E-state index contributed by atoms with van der Waals surface area (Å²) in [5.41, 5.74) is 11.9. The Hall–Kier alpha value is -4.54. The fourth-order valence-corrected chi connectivity index (χ4v) is 3.31. The number of para-hydroxylation sites is 1. The molecule has 0 aliphatic rings. The third-order valence-corrected chi connectivity index (χ3v) is 5.24. The third-order valence-electron chi connectivity index (χ3n) is 5.24. The summed E-state index contributed by atoms with van der Waals surface area (Å²) in [7, 11) is 1.89. The number of carbonyl (C=O) groups is 1. The number of hydrogen-bond acceptors (Lipinski definition) is 9. The molecule has 2 aromatic carbocycles. The molecule has 1 amide bonds. The number of anilines is 2. The number of carbonyl (C=O) groups excluding carboxylic acids is 1. The molecule has 11 nitrogen and oxygen atoms in total. The fraction of sp³-hybridized carbons (Fsp3) is 0.217. The number of nitrogens with zero attached hydrogens (tertiary/aromatic N) is 7. The van der Waals surface area contributed by atoms with Crippen LogP contribution in [-0.2, 0) is 6.54 Å². The van der Waals surface area contributed by atoms with Crippen molar-refractivity contribution in [3.63, 3.8) is 0 Å². The Morgan fingerprint density at radius 2 is 1.91 bits per heavy atom. The van der Waals surface area contributed by atoms with Gasteiger partial charge in [-0.1, -0.05) is 61.5 Å². The molecule has 0 unspecified atom stereocenters. The van der Waals surface area contributed by atoms with Crippen LogP contribution in [0.3, 0.4) is 0 Å². The first-order valence-corrected chi connectivity index (χ1v) is 10.7. The summed E-state index contributed by atoms with van der Waals surface area (Å²) < 4.78 is 6.04. The van der Waals surface area contributed by atoms with E-state index in [1.54, 1.807) is 6.21 Å². The first-order chi connectivity index (χ1) is 16.4. The molecule has 174 valence electrons. The minimum absolute atomic E-state index is 0.0309. The van der Waals surface area contributed by atoms with Crippen LogP contribution in [0.25, 0.3) is 5.82 Å². The summed E-state index contributed by atoms with van der Waals surface area (Å²) in [6, 6.07) is 17.7. The Bertz CT molecular complexity index is 1280. The van der Waals surface area contributed by atoms with Crippen LogP contribution in [0.5, 0.6) is 0 Å². The second kappa shape index (κ2) is 9.94. The van der Waals surface area contributed by atoms with Gasteiger partial charge in [0.25, 0.3) is 5.91 Å². The Morgan fingerprint density at radius 3 is 2.56 bits per heavy atom. The van der Waals surface area contributed by atoms with Gasteiger partial charge in [0.2, 0.25) is 11.6 Å². The first-order valence-electron chi connectivity index (χ1n) is 10.7. The van der Waals surface area contributed by atoms with Crippen molar-refractivity contribution in [1.82, 2.24) is 30.7 Å². The van der Waals surface area contributed by atoms with Crippen LogP contribution in [0.4, 0.5) is 11.5 Å². The lowest BCUT2D eigenvalue weighted by molar-refractivity contribution is 0.0949. The van der Waals surface area contributed by atoms with Crippen molar-refractivity contribution in [3.05, 3.63) is 77.1 Å². The van der Waals surface area contributed by atoms with Gasteiger partial charge in [-0.2, -0.15) is 9.78 Å². The van der Waals surface area contributed by atoms with Crippen molar-refractivity contribution >= 4 is 23.6 Å². The standard InChI is InChI=1S/C23H25N9O2/c1-15(2)17-11-9-16(10-12-17)13-25-27-23(33)20-19(14-31(3)18-7-5-4-6-8-18)32(30-26-20)22-21(24)28-34-29-22/h4-13,15H,14H2,1-3H3,(H2,24,28)(H,27,33)/b25-13-. The van der Waals surface area contributed by atoms with Crippen LogP contribution in [0.15, 0.2) is 64.3 Å². The lowest BCUT2D eigenvalue weighted by Gasteiger charge is -2.19. The average Bonchev–Trinajstić information content (AvgIpc) is 3.45. The van der Waals surface area contributed by atoms with Gasteiger partial charge in [0, 0.05) is 12.7 Å². The topological polar surface area (TPSA) is 140 Å². The summed E-state index contributed by atoms with van der Waals surface area (Å²) in [4.78, 5) is 14.9. The second-order valence-electron chi connectivity index (χ2n) is 7.98.